The maximum atomic E-state index is 11.6. The number of nitrogens with one attached hydrogen (secondary N) is 2. The van der Waals surface area contributed by atoms with Crippen LogP contribution in [0.3, 0.4) is 0 Å². The van der Waals surface area contributed by atoms with E-state index in [9.17, 15) is 8.42 Å². The average Bonchev–Trinajstić information content (AvgIpc) is 2.70. The van der Waals surface area contributed by atoms with Gasteiger partial charge in [-0.1, -0.05) is 6.92 Å². The monoisotopic (exact) mass is 228 g/mol. The molecule has 0 radical (unpaired) electrons. The lowest BCUT2D eigenvalue weighted by atomic mass is 10.2. The average molecular weight is 228 g/mol. The number of hydrogen-bond acceptors (Lipinski definition) is 4. The van der Waals surface area contributed by atoms with Crippen LogP contribution in [0.1, 0.15) is 19.8 Å². The lowest BCUT2D eigenvalue weighted by molar-refractivity contribution is 0.540. The van der Waals surface area contributed by atoms with Crippen molar-refractivity contribution in [2.24, 2.45) is 0 Å². The lowest BCUT2D eigenvalue weighted by Crippen LogP contribution is -2.34. The number of hydrogen-bond donors (Lipinski definition) is 2. The van der Waals surface area contributed by atoms with Crippen LogP contribution in [0.5, 0.6) is 0 Å². The molecule has 82 valence electrons. The minimum atomic E-state index is -3.57. The molecule has 0 amide bonds. The zero-order valence-corrected chi connectivity index (χ0v) is 9.08. The minimum absolute atomic E-state index is 0.0129. The van der Waals surface area contributed by atoms with Crippen molar-refractivity contribution in [3.63, 3.8) is 0 Å². The second kappa shape index (κ2) is 4.91. The third-order valence-corrected chi connectivity index (χ3v) is 3.36. The number of nitriles is 1. The van der Waals surface area contributed by atoms with Crippen LogP contribution in [0.2, 0.25) is 0 Å². The Morgan fingerprint density at radius 2 is 2.47 bits per heavy atom. The third-order valence-electron chi connectivity index (χ3n) is 1.91. The molecule has 0 aliphatic carbocycles. The number of aromatic amines is 1. The van der Waals surface area contributed by atoms with Gasteiger partial charge in [0.25, 0.3) is 10.0 Å². The van der Waals surface area contributed by atoms with Crippen molar-refractivity contribution in [2.45, 2.75) is 30.8 Å². The van der Waals surface area contributed by atoms with Crippen molar-refractivity contribution in [2.75, 3.05) is 0 Å². The van der Waals surface area contributed by atoms with Crippen LogP contribution in [0.15, 0.2) is 17.6 Å². The van der Waals surface area contributed by atoms with Crippen LogP contribution in [-0.2, 0) is 10.0 Å². The van der Waals surface area contributed by atoms with E-state index in [1.807, 2.05) is 13.0 Å². The van der Waals surface area contributed by atoms with E-state index < -0.39 is 10.0 Å². The van der Waals surface area contributed by atoms with E-state index >= 15 is 0 Å². The molecule has 0 spiro atoms. The molecule has 0 aliphatic heterocycles. The summed E-state index contributed by atoms with van der Waals surface area (Å²) >= 11 is 0. The van der Waals surface area contributed by atoms with E-state index in [-0.39, 0.29) is 17.5 Å². The van der Waals surface area contributed by atoms with Gasteiger partial charge in [0.05, 0.1) is 25.0 Å². The molecule has 7 heteroatoms. The molecule has 1 unspecified atom stereocenters. The summed E-state index contributed by atoms with van der Waals surface area (Å²) in [6, 6.07) is 1.58. The van der Waals surface area contributed by atoms with Crippen molar-refractivity contribution in [1.29, 1.82) is 5.26 Å². The van der Waals surface area contributed by atoms with Crippen molar-refractivity contribution in [1.82, 2.24) is 14.7 Å². The number of H-pyrrole nitrogens is 1. The summed E-state index contributed by atoms with van der Waals surface area (Å²) in [6.45, 7) is 1.82. The van der Waals surface area contributed by atoms with Gasteiger partial charge in [0.1, 0.15) is 0 Å². The second-order valence-corrected chi connectivity index (χ2v) is 4.69. The van der Waals surface area contributed by atoms with E-state index in [1.165, 1.54) is 12.5 Å². The Morgan fingerprint density at radius 3 is 2.93 bits per heavy atom. The van der Waals surface area contributed by atoms with E-state index in [0.717, 1.165) is 0 Å². The molecule has 1 aromatic rings. The maximum absolute atomic E-state index is 11.6. The van der Waals surface area contributed by atoms with Crippen LogP contribution < -0.4 is 4.72 Å². The van der Waals surface area contributed by atoms with Crippen LogP contribution >= 0.6 is 0 Å². The minimum Gasteiger partial charge on any atom is -0.335 e. The fourth-order valence-electron chi connectivity index (χ4n) is 1.05. The van der Waals surface area contributed by atoms with Gasteiger partial charge in [0.15, 0.2) is 5.03 Å². The molecule has 1 aromatic heterocycles. The molecule has 1 rings (SSSR count). The smallest absolute Gasteiger partial charge is 0.257 e. The third kappa shape index (κ3) is 3.04. The summed E-state index contributed by atoms with van der Waals surface area (Å²) in [6.07, 6.45) is 3.24. The molecule has 6 nitrogen and oxygen atoms in total. The highest BCUT2D eigenvalue weighted by atomic mass is 32.2. The quantitative estimate of drug-likeness (QED) is 0.761. The molecule has 2 N–H and O–H groups in total. The molecular formula is C8H12N4O2S. The lowest BCUT2D eigenvalue weighted by Gasteiger charge is -2.12. The standard InChI is InChI=1S/C8H12N4O2S/c1-2-7(3-4-9)12-15(13,14)8-5-10-6-11-8/h5-7,12H,2-3H2,1H3,(H,10,11). The first kappa shape index (κ1) is 11.7. The number of rotatable bonds is 5. The van der Waals surface area contributed by atoms with Gasteiger partial charge >= 0.3 is 0 Å². The Balaban J connectivity index is 2.77. The predicted octanol–water partition coefficient (Wildman–Crippen LogP) is 0.380. The molecule has 0 fully saturated rings. The zero-order chi connectivity index (χ0) is 11.3. The van der Waals surface area contributed by atoms with Gasteiger partial charge in [-0.2, -0.15) is 5.26 Å². The van der Waals surface area contributed by atoms with Gasteiger partial charge in [-0.15, -0.1) is 0 Å². The first-order valence-corrected chi connectivity index (χ1v) is 5.96. The fraction of sp³-hybridized carbons (Fsp3) is 0.500. The number of aromatic nitrogens is 2. The highest BCUT2D eigenvalue weighted by molar-refractivity contribution is 7.89. The highest BCUT2D eigenvalue weighted by Crippen LogP contribution is 2.06. The number of nitrogens with zero attached hydrogens (tertiary/aromatic N) is 2. The highest BCUT2D eigenvalue weighted by Gasteiger charge is 2.19. The van der Waals surface area contributed by atoms with Gasteiger partial charge in [0.2, 0.25) is 0 Å². The molecule has 0 saturated heterocycles. The molecule has 0 aromatic carbocycles. The van der Waals surface area contributed by atoms with E-state index in [4.69, 9.17) is 5.26 Å². The van der Waals surface area contributed by atoms with E-state index in [2.05, 4.69) is 14.7 Å². The Hall–Kier alpha value is -1.39. The van der Waals surface area contributed by atoms with Gasteiger partial charge in [-0.3, -0.25) is 0 Å². The Morgan fingerprint density at radius 1 is 1.73 bits per heavy atom. The van der Waals surface area contributed by atoms with Crippen LogP contribution in [-0.4, -0.2) is 24.4 Å². The molecular weight excluding hydrogens is 216 g/mol. The molecule has 0 saturated carbocycles. The van der Waals surface area contributed by atoms with Crippen LogP contribution in [0, 0.1) is 11.3 Å². The topological polar surface area (TPSA) is 98.6 Å². The number of sulfonamides is 1. The largest absolute Gasteiger partial charge is 0.335 e. The number of imidazole rings is 1. The fourth-order valence-corrected chi connectivity index (χ4v) is 2.28. The predicted molar refractivity (Wildman–Crippen MR) is 53.2 cm³/mol. The summed E-state index contributed by atoms with van der Waals surface area (Å²) in [5.74, 6) is 0. The van der Waals surface area contributed by atoms with Gasteiger partial charge in [-0.25, -0.2) is 18.1 Å². The summed E-state index contributed by atoms with van der Waals surface area (Å²) in [5.41, 5.74) is 0. The van der Waals surface area contributed by atoms with E-state index in [0.29, 0.717) is 6.42 Å². The second-order valence-electron chi connectivity index (χ2n) is 3.00. The SMILES string of the molecule is CCC(CC#N)NS(=O)(=O)c1cnc[nH]1. The van der Waals surface area contributed by atoms with Crippen molar-refractivity contribution in [3.05, 3.63) is 12.5 Å². The Labute approximate surface area is 88.4 Å². The molecule has 0 bridgehead atoms. The van der Waals surface area contributed by atoms with Crippen LogP contribution in [0.25, 0.3) is 0 Å². The van der Waals surface area contributed by atoms with Crippen LogP contribution in [0.4, 0.5) is 0 Å². The van der Waals surface area contributed by atoms with Crippen molar-refractivity contribution in [3.8, 4) is 6.07 Å². The normalized spacial score (nSPS) is 13.3. The summed E-state index contributed by atoms with van der Waals surface area (Å²) in [5, 5.41) is 8.50. The zero-order valence-electron chi connectivity index (χ0n) is 8.27. The molecule has 0 aliphatic rings. The van der Waals surface area contributed by atoms with Gasteiger partial charge < -0.3 is 4.98 Å². The summed E-state index contributed by atoms with van der Waals surface area (Å²) < 4.78 is 25.7. The van der Waals surface area contributed by atoms with Crippen molar-refractivity contribution < 1.29 is 8.42 Å². The first-order valence-electron chi connectivity index (χ1n) is 4.47. The summed E-state index contributed by atoms with van der Waals surface area (Å²) in [4.78, 5) is 6.13. The first-order chi connectivity index (χ1) is 7.10. The maximum Gasteiger partial charge on any atom is 0.257 e. The molecule has 15 heavy (non-hydrogen) atoms. The van der Waals surface area contributed by atoms with E-state index in [1.54, 1.807) is 0 Å². The van der Waals surface area contributed by atoms with Gasteiger partial charge in [-0.05, 0) is 6.42 Å². The van der Waals surface area contributed by atoms with Gasteiger partial charge in [0, 0.05) is 6.04 Å². The molecule has 1 atom stereocenters. The Bertz CT molecular complexity index is 432. The molecule has 1 heterocycles. The Kier molecular flexibility index (Phi) is 3.82. The van der Waals surface area contributed by atoms with Crippen molar-refractivity contribution >= 4 is 10.0 Å². The summed E-state index contributed by atoms with van der Waals surface area (Å²) in [7, 11) is -3.57.